The zero-order valence-electron chi connectivity index (χ0n) is 21.3. The fraction of sp³-hybridized carbons (Fsp3) is 0.679. The molecule has 4 aliphatic heterocycles. The average molecular weight is 495 g/mol. The van der Waals surface area contributed by atoms with E-state index in [1.807, 2.05) is 6.92 Å². The number of nitrogens with zero attached hydrogens (tertiary/aromatic N) is 2. The topological polar surface area (TPSA) is 91.0 Å². The molecule has 4 fully saturated rings. The van der Waals surface area contributed by atoms with E-state index in [-0.39, 0.29) is 24.1 Å². The van der Waals surface area contributed by atoms with Crippen LogP contribution in [0.1, 0.15) is 84.3 Å². The monoisotopic (exact) mass is 494 g/mol. The van der Waals surface area contributed by atoms with Crippen LogP contribution in [0.25, 0.3) is 0 Å². The van der Waals surface area contributed by atoms with E-state index in [1.165, 1.54) is 18.4 Å². The third-order valence-electron chi connectivity index (χ3n) is 9.10. The number of carbonyl (C=O) groups is 3. The Morgan fingerprint density at radius 3 is 2.42 bits per heavy atom. The zero-order chi connectivity index (χ0) is 24.8. The van der Waals surface area contributed by atoms with E-state index in [0.717, 1.165) is 68.6 Å². The van der Waals surface area contributed by atoms with Crippen LogP contribution in [0, 0.1) is 6.92 Å². The summed E-state index contributed by atoms with van der Waals surface area (Å²) in [5.41, 5.74) is 4.10. The minimum atomic E-state index is -0.557. The molecule has 6 rings (SSSR count). The van der Waals surface area contributed by atoms with Gasteiger partial charge in [0.15, 0.2) is 0 Å². The number of ether oxygens (including phenoxy) is 1. The Morgan fingerprint density at radius 2 is 1.69 bits per heavy atom. The minimum Gasteiger partial charge on any atom is -0.375 e. The van der Waals surface area contributed by atoms with Crippen LogP contribution in [0.4, 0.5) is 0 Å². The van der Waals surface area contributed by atoms with Crippen LogP contribution in [0.5, 0.6) is 0 Å². The van der Waals surface area contributed by atoms with Gasteiger partial charge in [0.25, 0.3) is 5.91 Å². The van der Waals surface area contributed by atoms with Gasteiger partial charge in [0.2, 0.25) is 11.8 Å². The Morgan fingerprint density at radius 1 is 0.944 bits per heavy atom. The van der Waals surface area contributed by atoms with Crippen LogP contribution in [0.15, 0.2) is 12.1 Å². The normalized spacial score (nSPS) is 30.3. The summed E-state index contributed by atoms with van der Waals surface area (Å²) in [5.74, 6) is -0.176. The lowest BCUT2D eigenvalue weighted by Gasteiger charge is -2.46. The quantitative estimate of drug-likeness (QED) is 0.610. The van der Waals surface area contributed by atoms with Crippen LogP contribution in [-0.4, -0.2) is 78.0 Å². The molecular formula is C28H38N4O4. The highest BCUT2D eigenvalue weighted by molar-refractivity contribution is 6.06. The highest BCUT2D eigenvalue weighted by Crippen LogP contribution is 2.38. The molecule has 1 atom stereocenters. The highest BCUT2D eigenvalue weighted by atomic mass is 16.5. The molecule has 5 aliphatic rings. The van der Waals surface area contributed by atoms with Gasteiger partial charge in [0.1, 0.15) is 6.04 Å². The molecule has 1 unspecified atom stereocenters. The number of rotatable bonds is 5. The van der Waals surface area contributed by atoms with Gasteiger partial charge < -0.3 is 19.9 Å². The average Bonchev–Trinajstić information content (AvgIpc) is 3.18. The molecular weight excluding hydrogens is 456 g/mol. The maximum atomic E-state index is 13.2. The van der Waals surface area contributed by atoms with Crippen molar-refractivity contribution in [1.82, 2.24) is 20.4 Å². The number of carbonyl (C=O) groups excluding carboxylic acids is 3. The zero-order valence-corrected chi connectivity index (χ0v) is 21.3. The first-order valence-electron chi connectivity index (χ1n) is 13.8. The summed E-state index contributed by atoms with van der Waals surface area (Å²) >= 11 is 0. The van der Waals surface area contributed by atoms with Crippen LogP contribution in [0.2, 0.25) is 0 Å². The summed E-state index contributed by atoms with van der Waals surface area (Å²) in [6, 6.07) is 4.51. The van der Waals surface area contributed by atoms with Crippen molar-refractivity contribution in [3.8, 4) is 0 Å². The van der Waals surface area contributed by atoms with Crippen LogP contribution in [0.3, 0.4) is 0 Å². The van der Waals surface area contributed by atoms with Gasteiger partial charge in [-0.05, 0) is 101 Å². The van der Waals surface area contributed by atoms with E-state index >= 15 is 0 Å². The predicted molar refractivity (Wildman–Crippen MR) is 135 cm³/mol. The Kier molecular flexibility index (Phi) is 6.60. The second kappa shape index (κ2) is 9.88. The molecule has 1 aromatic rings. The van der Waals surface area contributed by atoms with Crippen molar-refractivity contribution in [2.45, 2.75) is 95.0 Å². The maximum absolute atomic E-state index is 13.2. The molecule has 1 aromatic carbocycles. The molecule has 2 N–H and O–H groups in total. The van der Waals surface area contributed by atoms with Crippen molar-refractivity contribution in [3.05, 3.63) is 34.4 Å². The van der Waals surface area contributed by atoms with E-state index in [1.54, 1.807) is 4.90 Å². The Bertz CT molecular complexity index is 1040. The van der Waals surface area contributed by atoms with E-state index in [2.05, 4.69) is 27.7 Å². The number of imide groups is 1. The van der Waals surface area contributed by atoms with Crippen molar-refractivity contribution in [1.29, 1.82) is 0 Å². The summed E-state index contributed by atoms with van der Waals surface area (Å²) < 4.78 is 6.33. The summed E-state index contributed by atoms with van der Waals surface area (Å²) in [6.07, 6.45) is 8.48. The van der Waals surface area contributed by atoms with Crippen LogP contribution < -0.4 is 10.6 Å². The van der Waals surface area contributed by atoms with Gasteiger partial charge in [0.05, 0.1) is 12.2 Å². The molecule has 0 bridgehead atoms. The number of hydrogen-bond donors (Lipinski definition) is 2. The molecule has 194 valence electrons. The second-order valence-electron chi connectivity index (χ2n) is 11.4. The molecule has 8 nitrogen and oxygen atoms in total. The largest absolute Gasteiger partial charge is 0.375 e. The van der Waals surface area contributed by atoms with Crippen molar-refractivity contribution in [2.24, 2.45) is 0 Å². The molecule has 8 heteroatoms. The summed E-state index contributed by atoms with van der Waals surface area (Å²) in [4.78, 5) is 41.4. The summed E-state index contributed by atoms with van der Waals surface area (Å²) in [5, 5.41) is 5.80. The van der Waals surface area contributed by atoms with Gasteiger partial charge in [-0.15, -0.1) is 0 Å². The third kappa shape index (κ3) is 4.59. The number of aryl methyl sites for hydroxylation is 1. The number of likely N-dealkylation sites (tertiary alicyclic amines) is 1. The number of hydrogen-bond acceptors (Lipinski definition) is 6. The van der Waals surface area contributed by atoms with Crippen molar-refractivity contribution in [3.63, 3.8) is 0 Å². The minimum absolute atomic E-state index is 0.0791. The van der Waals surface area contributed by atoms with Gasteiger partial charge >= 0.3 is 0 Å². The van der Waals surface area contributed by atoms with Crippen molar-refractivity contribution < 1.29 is 19.1 Å². The smallest absolute Gasteiger partial charge is 0.255 e. The standard InChI is InChI=1S/C28H38N4O4/c1-17-12-19(13-20-16-32(28(35)26(17)20)24-2-3-25(33)30-27(24)34)18-6-10-31(11-7-18)21-14-23(15-21)36-22-4-8-29-9-5-22/h12-13,18,21-24,29H,2-11,14-16H2,1H3,(H,30,33,34)/t21-,23-,24?. The Balaban J connectivity index is 1.04. The maximum Gasteiger partial charge on any atom is 0.255 e. The Hall–Kier alpha value is -2.29. The first-order valence-corrected chi connectivity index (χ1v) is 13.8. The number of fused-ring (bicyclic) bond motifs is 1. The van der Waals surface area contributed by atoms with E-state index in [9.17, 15) is 14.4 Å². The molecule has 4 heterocycles. The summed E-state index contributed by atoms with van der Waals surface area (Å²) in [6.45, 7) is 6.87. The molecule has 0 radical (unpaired) electrons. The fourth-order valence-corrected chi connectivity index (χ4v) is 6.94. The first kappa shape index (κ1) is 24.1. The summed E-state index contributed by atoms with van der Waals surface area (Å²) in [7, 11) is 0. The first-order chi connectivity index (χ1) is 17.5. The lowest BCUT2D eigenvalue weighted by molar-refractivity contribution is -0.136. The number of benzene rings is 1. The number of amides is 3. The van der Waals surface area contributed by atoms with Crippen LogP contribution in [-0.2, 0) is 20.9 Å². The molecule has 1 aliphatic carbocycles. The molecule has 3 amide bonds. The molecule has 0 aromatic heterocycles. The fourth-order valence-electron chi connectivity index (χ4n) is 6.94. The predicted octanol–water partition coefficient (Wildman–Crippen LogP) is 2.24. The van der Waals surface area contributed by atoms with Gasteiger partial charge in [0, 0.05) is 24.6 Å². The van der Waals surface area contributed by atoms with Crippen molar-refractivity contribution >= 4 is 17.7 Å². The number of nitrogens with one attached hydrogen (secondary N) is 2. The van der Waals surface area contributed by atoms with Crippen LogP contribution >= 0.6 is 0 Å². The van der Waals surface area contributed by atoms with Gasteiger partial charge in [-0.1, -0.05) is 12.1 Å². The van der Waals surface area contributed by atoms with Gasteiger partial charge in [-0.25, -0.2) is 0 Å². The lowest BCUT2D eigenvalue weighted by Crippen LogP contribution is -2.52. The molecule has 36 heavy (non-hydrogen) atoms. The lowest BCUT2D eigenvalue weighted by atomic mass is 9.82. The van der Waals surface area contributed by atoms with E-state index in [4.69, 9.17) is 4.74 Å². The highest BCUT2D eigenvalue weighted by Gasteiger charge is 2.41. The van der Waals surface area contributed by atoms with E-state index in [0.29, 0.717) is 37.1 Å². The van der Waals surface area contributed by atoms with Crippen molar-refractivity contribution in [2.75, 3.05) is 26.2 Å². The van der Waals surface area contributed by atoms with Gasteiger partial charge in [-0.2, -0.15) is 0 Å². The SMILES string of the molecule is Cc1cc(C2CCN([C@H]3C[C@H](OC4CCNCC4)C3)CC2)cc2c1C(=O)N(C1CCC(=O)NC1=O)C2. The third-order valence-corrected chi connectivity index (χ3v) is 9.10. The molecule has 0 spiro atoms. The Labute approximate surface area is 213 Å². The van der Waals surface area contributed by atoms with E-state index < -0.39 is 6.04 Å². The molecule has 3 saturated heterocycles. The number of piperidine rings is 3. The van der Waals surface area contributed by atoms with Gasteiger partial charge in [-0.3, -0.25) is 19.7 Å². The second-order valence-corrected chi connectivity index (χ2v) is 11.4. The molecule has 1 saturated carbocycles.